The van der Waals surface area contributed by atoms with E-state index in [0.717, 1.165) is 10.4 Å². The predicted molar refractivity (Wildman–Crippen MR) is 74.2 cm³/mol. The van der Waals surface area contributed by atoms with E-state index in [1.165, 1.54) is 17.4 Å². The van der Waals surface area contributed by atoms with Gasteiger partial charge in [0, 0.05) is 17.5 Å². The van der Waals surface area contributed by atoms with E-state index in [1.54, 1.807) is 18.2 Å². The first-order chi connectivity index (χ1) is 9.10. The molecule has 0 aliphatic heterocycles. The lowest BCUT2D eigenvalue weighted by molar-refractivity contribution is -0.384. The maximum Gasteiger partial charge on any atom is 0.292 e. The van der Waals surface area contributed by atoms with E-state index in [4.69, 9.17) is 5.26 Å². The fraction of sp³-hybridized carbons (Fsp3) is 0.154. The van der Waals surface area contributed by atoms with Crippen LogP contribution in [0.15, 0.2) is 30.3 Å². The molecule has 0 fully saturated rings. The summed E-state index contributed by atoms with van der Waals surface area (Å²) < 4.78 is 0. The first-order valence-corrected chi connectivity index (χ1v) is 6.39. The number of thiophene rings is 1. The Morgan fingerprint density at radius 3 is 2.84 bits per heavy atom. The number of nitro groups is 1. The van der Waals surface area contributed by atoms with Crippen molar-refractivity contribution < 1.29 is 4.92 Å². The number of rotatable bonds is 4. The summed E-state index contributed by atoms with van der Waals surface area (Å²) in [6.07, 6.45) is 0. The molecular formula is C13H11N3O2S. The zero-order chi connectivity index (χ0) is 13.8. The van der Waals surface area contributed by atoms with Crippen molar-refractivity contribution in [3.8, 4) is 6.07 Å². The molecule has 5 nitrogen and oxygen atoms in total. The van der Waals surface area contributed by atoms with Gasteiger partial charge in [0.25, 0.3) is 5.69 Å². The average molecular weight is 273 g/mol. The molecule has 1 aromatic carbocycles. The quantitative estimate of drug-likeness (QED) is 0.683. The highest BCUT2D eigenvalue weighted by Gasteiger charge is 2.13. The number of hydrogen-bond acceptors (Lipinski definition) is 5. The van der Waals surface area contributed by atoms with E-state index >= 15 is 0 Å². The minimum Gasteiger partial charge on any atom is -0.375 e. The summed E-state index contributed by atoms with van der Waals surface area (Å²) in [6.45, 7) is 2.35. The maximum atomic E-state index is 10.9. The molecule has 6 heteroatoms. The number of benzene rings is 1. The van der Waals surface area contributed by atoms with Crippen LogP contribution in [-0.2, 0) is 6.54 Å². The van der Waals surface area contributed by atoms with Crippen LogP contribution in [-0.4, -0.2) is 4.92 Å². The van der Waals surface area contributed by atoms with Crippen molar-refractivity contribution in [1.29, 1.82) is 5.26 Å². The van der Waals surface area contributed by atoms with Crippen molar-refractivity contribution >= 4 is 22.7 Å². The van der Waals surface area contributed by atoms with Crippen molar-refractivity contribution in [3.63, 3.8) is 0 Å². The Kier molecular flexibility index (Phi) is 3.78. The highest BCUT2D eigenvalue weighted by Crippen LogP contribution is 2.26. The monoisotopic (exact) mass is 273 g/mol. The molecule has 1 heterocycles. The fourth-order valence-corrected chi connectivity index (χ4v) is 2.41. The number of hydrogen-bond donors (Lipinski definition) is 1. The van der Waals surface area contributed by atoms with Crippen LogP contribution in [0.4, 0.5) is 11.4 Å². The third kappa shape index (κ3) is 3.09. The molecule has 19 heavy (non-hydrogen) atoms. The summed E-state index contributed by atoms with van der Waals surface area (Å²) in [4.78, 5) is 12.1. The van der Waals surface area contributed by atoms with Gasteiger partial charge in [-0.15, -0.1) is 11.3 Å². The summed E-state index contributed by atoms with van der Waals surface area (Å²) in [6, 6.07) is 10.6. The summed E-state index contributed by atoms with van der Waals surface area (Å²) in [5.41, 5.74) is 1.51. The molecule has 0 unspecified atom stereocenters. The molecule has 2 aromatic rings. The lowest BCUT2D eigenvalue weighted by atomic mass is 10.2. The predicted octanol–water partition coefficient (Wildman–Crippen LogP) is 3.45. The average Bonchev–Trinajstić information content (AvgIpc) is 2.84. The van der Waals surface area contributed by atoms with Crippen LogP contribution < -0.4 is 5.32 Å². The zero-order valence-electron chi connectivity index (χ0n) is 10.2. The lowest BCUT2D eigenvalue weighted by Crippen LogP contribution is -2.01. The standard InChI is InChI=1S/C13H11N3O2S/c1-9-2-5-13(16(17)18)12(6-9)15-8-11-4-3-10(7-14)19-11/h2-6,15H,8H2,1H3. The summed E-state index contributed by atoms with van der Waals surface area (Å²) in [5.74, 6) is 0. The van der Waals surface area contributed by atoms with Crippen LogP contribution >= 0.6 is 11.3 Å². The number of nitriles is 1. The van der Waals surface area contributed by atoms with E-state index in [9.17, 15) is 10.1 Å². The van der Waals surface area contributed by atoms with Gasteiger partial charge < -0.3 is 5.32 Å². The zero-order valence-corrected chi connectivity index (χ0v) is 11.0. The highest BCUT2D eigenvalue weighted by molar-refractivity contribution is 7.12. The van der Waals surface area contributed by atoms with Gasteiger partial charge in [0.1, 0.15) is 16.6 Å². The molecule has 0 aliphatic rings. The molecule has 0 aliphatic carbocycles. The van der Waals surface area contributed by atoms with Crippen LogP contribution in [0.5, 0.6) is 0 Å². The van der Waals surface area contributed by atoms with Gasteiger partial charge >= 0.3 is 0 Å². The summed E-state index contributed by atoms with van der Waals surface area (Å²) >= 11 is 1.38. The Balaban J connectivity index is 2.17. The van der Waals surface area contributed by atoms with Crippen LogP contribution in [0.1, 0.15) is 15.3 Å². The number of aryl methyl sites for hydroxylation is 1. The van der Waals surface area contributed by atoms with E-state index in [0.29, 0.717) is 17.1 Å². The summed E-state index contributed by atoms with van der Waals surface area (Å²) in [7, 11) is 0. The first kappa shape index (κ1) is 13.1. The molecule has 1 N–H and O–H groups in total. The Morgan fingerprint density at radius 2 is 2.21 bits per heavy atom. The number of anilines is 1. The molecule has 0 bridgehead atoms. The highest BCUT2D eigenvalue weighted by atomic mass is 32.1. The third-order valence-electron chi connectivity index (χ3n) is 2.57. The number of nitrogens with one attached hydrogen (secondary N) is 1. The van der Waals surface area contributed by atoms with E-state index in [-0.39, 0.29) is 5.69 Å². The molecule has 96 valence electrons. The minimum atomic E-state index is -0.406. The molecule has 1 aromatic heterocycles. The van der Waals surface area contributed by atoms with Gasteiger partial charge in [-0.2, -0.15) is 5.26 Å². The molecule has 2 rings (SSSR count). The van der Waals surface area contributed by atoms with Crippen molar-refractivity contribution in [2.24, 2.45) is 0 Å². The van der Waals surface area contributed by atoms with Gasteiger partial charge in [-0.05, 0) is 30.7 Å². The molecule has 0 amide bonds. The second kappa shape index (κ2) is 5.50. The van der Waals surface area contributed by atoms with E-state index in [1.807, 2.05) is 13.0 Å². The molecule has 0 radical (unpaired) electrons. The topological polar surface area (TPSA) is 79.0 Å². The Labute approximate surface area is 114 Å². The van der Waals surface area contributed by atoms with E-state index in [2.05, 4.69) is 11.4 Å². The fourth-order valence-electron chi connectivity index (χ4n) is 1.67. The first-order valence-electron chi connectivity index (χ1n) is 5.58. The summed E-state index contributed by atoms with van der Waals surface area (Å²) in [5, 5.41) is 22.7. The van der Waals surface area contributed by atoms with Gasteiger partial charge in [0.15, 0.2) is 0 Å². The molecule has 0 saturated carbocycles. The Morgan fingerprint density at radius 1 is 1.42 bits per heavy atom. The lowest BCUT2D eigenvalue weighted by Gasteiger charge is -2.06. The molecule has 0 spiro atoms. The van der Waals surface area contributed by atoms with Crippen molar-refractivity contribution in [2.75, 3.05) is 5.32 Å². The molecular weight excluding hydrogens is 262 g/mol. The third-order valence-corrected chi connectivity index (χ3v) is 3.56. The number of nitrogens with zero attached hydrogens (tertiary/aromatic N) is 2. The van der Waals surface area contributed by atoms with E-state index < -0.39 is 4.92 Å². The van der Waals surface area contributed by atoms with Crippen LogP contribution in [0, 0.1) is 28.4 Å². The Hall–Kier alpha value is -2.39. The largest absolute Gasteiger partial charge is 0.375 e. The van der Waals surface area contributed by atoms with Crippen LogP contribution in [0.25, 0.3) is 0 Å². The molecule has 0 saturated heterocycles. The van der Waals surface area contributed by atoms with Crippen molar-refractivity contribution in [2.45, 2.75) is 13.5 Å². The second-order valence-electron chi connectivity index (χ2n) is 4.01. The Bertz CT molecular complexity index is 658. The van der Waals surface area contributed by atoms with Crippen molar-refractivity contribution in [3.05, 3.63) is 55.8 Å². The van der Waals surface area contributed by atoms with Gasteiger partial charge in [-0.3, -0.25) is 10.1 Å². The number of nitro benzene ring substituents is 1. The maximum absolute atomic E-state index is 10.9. The molecule has 0 atom stereocenters. The minimum absolute atomic E-state index is 0.0580. The second-order valence-corrected chi connectivity index (χ2v) is 5.18. The van der Waals surface area contributed by atoms with Gasteiger partial charge in [-0.25, -0.2) is 0 Å². The smallest absolute Gasteiger partial charge is 0.292 e. The van der Waals surface area contributed by atoms with Crippen LogP contribution in [0.2, 0.25) is 0 Å². The van der Waals surface area contributed by atoms with Gasteiger partial charge in [0.2, 0.25) is 0 Å². The van der Waals surface area contributed by atoms with Crippen molar-refractivity contribution in [1.82, 2.24) is 0 Å². The van der Waals surface area contributed by atoms with Gasteiger partial charge in [0.05, 0.1) is 4.92 Å². The van der Waals surface area contributed by atoms with Gasteiger partial charge in [-0.1, -0.05) is 6.07 Å². The SMILES string of the molecule is Cc1ccc([N+](=O)[O-])c(NCc2ccc(C#N)s2)c1. The van der Waals surface area contributed by atoms with Crippen LogP contribution in [0.3, 0.4) is 0 Å². The normalized spacial score (nSPS) is 9.89.